The molecular formula is C9H10FNO3. The number of anilines is 1. The third-order valence-electron chi connectivity index (χ3n) is 1.75. The molecule has 0 aliphatic heterocycles. The second kappa shape index (κ2) is 3.95. The molecule has 1 aromatic rings. The van der Waals surface area contributed by atoms with Gasteiger partial charge in [-0.05, 0) is 12.1 Å². The highest BCUT2D eigenvalue weighted by atomic mass is 19.1. The highest BCUT2D eigenvalue weighted by Crippen LogP contribution is 2.25. The number of nitrogen functional groups attached to an aromatic ring is 1. The van der Waals surface area contributed by atoms with Crippen molar-refractivity contribution in [3.05, 3.63) is 23.5 Å². The van der Waals surface area contributed by atoms with E-state index in [1.54, 1.807) is 0 Å². The van der Waals surface area contributed by atoms with Gasteiger partial charge in [-0.15, -0.1) is 0 Å². The van der Waals surface area contributed by atoms with Gasteiger partial charge in [-0.25, -0.2) is 9.18 Å². The maximum absolute atomic E-state index is 13.5. The zero-order valence-electron chi connectivity index (χ0n) is 7.83. The average molecular weight is 199 g/mol. The molecule has 0 fully saturated rings. The Morgan fingerprint density at radius 2 is 2.07 bits per heavy atom. The number of rotatable bonds is 2. The SMILES string of the molecule is COC(=O)c1c(N)ccc(OC)c1F. The van der Waals surface area contributed by atoms with Crippen molar-refractivity contribution in [1.82, 2.24) is 0 Å². The Morgan fingerprint density at radius 1 is 1.43 bits per heavy atom. The average Bonchev–Trinajstić information content (AvgIpc) is 2.18. The summed E-state index contributed by atoms with van der Waals surface area (Å²) in [5.41, 5.74) is 5.15. The predicted molar refractivity (Wildman–Crippen MR) is 48.7 cm³/mol. The quantitative estimate of drug-likeness (QED) is 0.574. The van der Waals surface area contributed by atoms with Gasteiger partial charge in [0, 0.05) is 5.69 Å². The first-order valence-corrected chi connectivity index (χ1v) is 3.82. The molecule has 0 aliphatic carbocycles. The van der Waals surface area contributed by atoms with Gasteiger partial charge in [0.2, 0.25) is 0 Å². The lowest BCUT2D eigenvalue weighted by Gasteiger charge is -2.08. The van der Waals surface area contributed by atoms with Gasteiger partial charge >= 0.3 is 5.97 Å². The highest BCUT2D eigenvalue weighted by molar-refractivity contribution is 5.95. The van der Waals surface area contributed by atoms with Crippen molar-refractivity contribution in [1.29, 1.82) is 0 Å². The van der Waals surface area contributed by atoms with Crippen LogP contribution in [-0.4, -0.2) is 20.2 Å². The van der Waals surface area contributed by atoms with Crippen LogP contribution in [0.5, 0.6) is 5.75 Å². The molecule has 0 amide bonds. The summed E-state index contributed by atoms with van der Waals surface area (Å²) in [4.78, 5) is 11.1. The van der Waals surface area contributed by atoms with E-state index in [1.165, 1.54) is 19.2 Å². The second-order valence-corrected chi connectivity index (χ2v) is 2.54. The molecule has 4 nitrogen and oxygen atoms in total. The summed E-state index contributed by atoms with van der Waals surface area (Å²) >= 11 is 0. The van der Waals surface area contributed by atoms with Crippen LogP contribution in [-0.2, 0) is 4.74 Å². The number of carbonyl (C=O) groups excluding carboxylic acids is 1. The molecule has 1 rings (SSSR count). The largest absolute Gasteiger partial charge is 0.494 e. The number of hydrogen-bond donors (Lipinski definition) is 1. The zero-order valence-corrected chi connectivity index (χ0v) is 7.83. The van der Waals surface area contributed by atoms with Crippen LogP contribution in [0, 0.1) is 5.82 Å². The van der Waals surface area contributed by atoms with Gasteiger partial charge in [-0.2, -0.15) is 0 Å². The summed E-state index contributed by atoms with van der Waals surface area (Å²) in [6, 6.07) is 2.73. The number of hydrogen-bond acceptors (Lipinski definition) is 4. The van der Waals surface area contributed by atoms with Crippen LogP contribution in [0.25, 0.3) is 0 Å². The minimum Gasteiger partial charge on any atom is -0.494 e. The Labute approximate surface area is 80.4 Å². The Bertz CT molecular complexity index is 365. The first-order valence-electron chi connectivity index (χ1n) is 3.82. The Balaban J connectivity index is 3.32. The fourth-order valence-corrected chi connectivity index (χ4v) is 1.04. The standard InChI is InChI=1S/C9H10FNO3/c1-13-6-4-3-5(11)7(8(6)10)9(12)14-2/h3-4H,11H2,1-2H3. The molecule has 0 unspecified atom stereocenters. The molecule has 0 aromatic heterocycles. The van der Waals surface area contributed by atoms with Crippen LogP contribution in [0.4, 0.5) is 10.1 Å². The number of benzene rings is 1. The highest BCUT2D eigenvalue weighted by Gasteiger charge is 2.19. The summed E-state index contributed by atoms with van der Waals surface area (Å²) < 4.78 is 22.5. The van der Waals surface area contributed by atoms with Crippen LogP contribution in [0.2, 0.25) is 0 Å². The van der Waals surface area contributed by atoms with Gasteiger partial charge in [0.25, 0.3) is 0 Å². The van der Waals surface area contributed by atoms with E-state index in [0.717, 1.165) is 7.11 Å². The molecule has 0 radical (unpaired) electrons. The van der Waals surface area contributed by atoms with Gasteiger partial charge in [-0.3, -0.25) is 0 Å². The van der Waals surface area contributed by atoms with Gasteiger partial charge in [0.15, 0.2) is 11.6 Å². The first-order chi connectivity index (χ1) is 6.61. The minimum atomic E-state index is -0.820. The molecule has 0 saturated carbocycles. The summed E-state index contributed by atoms with van der Waals surface area (Å²) in [6.45, 7) is 0. The lowest BCUT2D eigenvalue weighted by atomic mass is 10.1. The number of esters is 1. The monoisotopic (exact) mass is 199 g/mol. The summed E-state index contributed by atoms with van der Waals surface area (Å²) in [5, 5.41) is 0. The molecule has 14 heavy (non-hydrogen) atoms. The maximum atomic E-state index is 13.5. The maximum Gasteiger partial charge on any atom is 0.343 e. The summed E-state index contributed by atoms with van der Waals surface area (Å²) in [7, 11) is 2.45. The molecule has 1 aromatic carbocycles. The number of carbonyl (C=O) groups is 1. The van der Waals surface area contributed by atoms with Crippen LogP contribution >= 0.6 is 0 Å². The molecule has 0 atom stereocenters. The second-order valence-electron chi connectivity index (χ2n) is 2.54. The van der Waals surface area contributed by atoms with Crippen molar-refractivity contribution in [3.8, 4) is 5.75 Å². The molecule has 2 N–H and O–H groups in total. The van der Waals surface area contributed by atoms with Crippen LogP contribution in [0.3, 0.4) is 0 Å². The van der Waals surface area contributed by atoms with Gasteiger partial charge in [0.05, 0.1) is 14.2 Å². The van der Waals surface area contributed by atoms with Crippen molar-refractivity contribution in [2.24, 2.45) is 0 Å². The third kappa shape index (κ3) is 1.61. The Morgan fingerprint density at radius 3 is 2.57 bits per heavy atom. The number of halogens is 1. The lowest BCUT2D eigenvalue weighted by molar-refractivity contribution is 0.0596. The van der Waals surface area contributed by atoms with Crippen molar-refractivity contribution >= 4 is 11.7 Å². The molecule has 0 bridgehead atoms. The summed E-state index contributed by atoms with van der Waals surface area (Å²) in [5.74, 6) is -1.67. The molecule has 0 saturated heterocycles. The fraction of sp³-hybridized carbons (Fsp3) is 0.222. The van der Waals surface area contributed by atoms with E-state index < -0.39 is 11.8 Å². The Hall–Kier alpha value is -1.78. The zero-order chi connectivity index (χ0) is 10.7. The number of ether oxygens (including phenoxy) is 2. The number of nitrogens with two attached hydrogens (primary N) is 1. The van der Waals surface area contributed by atoms with Crippen LogP contribution < -0.4 is 10.5 Å². The van der Waals surface area contributed by atoms with Crippen LogP contribution in [0.15, 0.2) is 12.1 Å². The first kappa shape index (κ1) is 10.3. The van der Waals surface area contributed by atoms with E-state index in [0.29, 0.717) is 0 Å². The van der Waals surface area contributed by atoms with Crippen LogP contribution in [0.1, 0.15) is 10.4 Å². The summed E-state index contributed by atoms with van der Waals surface area (Å²) in [6.07, 6.45) is 0. The third-order valence-corrected chi connectivity index (χ3v) is 1.75. The Kier molecular flexibility index (Phi) is 2.91. The molecule has 0 spiro atoms. The van der Waals surface area contributed by atoms with E-state index in [4.69, 9.17) is 10.5 Å². The molecule has 76 valence electrons. The molecule has 0 aliphatic rings. The van der Waals surface area contributed by atoms with E-state index >= 15 is 0 Å². The van der Waals surface area contributed by atoms with Crippen molar-refractivity contribution in [3.63, 3.8) is 0 Å². The van der Waals surface area contributed by atoms with Crippen molar-refractivity contribution in [2.75, 3.05) is 20.0 Å². The lowest BCUT2D eigenvalue weighted by Crippen LogP contribution is -2.09. The molecule has 0 heterocycles. The smallest absolute Gasteiger partial charge is 0.343 e. The van der Waals surface area contributed by atoms with Gasteiger partial charge in [-0.1, -0.05) is 0 Å². The van der Waals surface area contributed by atoms with Gasteiger partial charge < -0.3 is 15.2 Å². The van der Waals surface area contributed by atoms with E-state index in [1.807, 2.05) is 0 Å². The van der Waals surface area contributed by atoms with Crippen molar-refractivity contribution in [2.45, 2.75) is 0 Å². The predicted octanol–water partition coefficient (Wildman–Crippen LogP) is 1.20. The minimum absolute atomic E-state index is 0.0233. The van der Waals surface area contributed by atoms with E-state index in [9.17, 15) is 9.18 Å². The topological polar surface area (TPSA) is 61.5 Å². The van der Waals surface area contributed by atoms with E-state index in [-0.39, 0.29) is 17.0 Å². The molecule has 5 heteroatoms. The van der Waals surface area contributed by atoms with E-state index in [2.05, 4.69) is 4.74 Å². The van der Waals surface area contributed by atoms with Gasteiger partial charge in [0.1, 0.15) is 5.56 Å². The van der Waals surface area contributed by atoms with Crippen molar-refractivity contribution < 1.29 is 18.7 Å². The normalized spacial score (nSPS) is 9.64. The molecular weight excluding hydrogens is 189 g/mol. The number of methoxy groups -OCH3 is 2. The fourth-order valence-electron chi connectivity index (χ4n) is 1.04.